The van der Waals surface area contributed by atoms with Crippen LogP contribution in [0.4, 0.5) is 0 Å². The van der Waals surface area contributed by atoms with Gasteiger partial charge in [-0.25, -0.2) is 0 Å². The summed E-state index contributed by atoms with van der Waals surface area (Å²) in [6.07, 6.45) is 1.03. The van der Waals surface area contributed by atoms with E-state index in [2.05, 4.69) is 46.5 Å². The monoisotopic (exact) mass is 328 g/mol. The molecule has 130 valence electrons. The number of benzene rings is 1. The summed E-state index contributed by atoms with van der Waals surface area (Å²) in [5.41, 5.74) is 4.86. The number of nitrogens with one attached hydrogen (secondary N) is 1. The predicted molar refractivity (Wildman–Crippen MR) is 97.3 cm³/mol. The number of likely N-dealkylation sites (N-methyl/N-ethyl adjacent to an activating group) is 1. The van der Waals surface area contributed by atoms with Crippen molar-refractivity contribution >= 4 is 5.91 Å². The first-order valence-corrected chi connectivity index (χ1v) is 8.38. The number of hydrogen-bond donors (Lipinski definition) is 1. The van der Waals surface area contributed by atoms with E-state index >= 15 is 0 Å². The Bertz CT molecular complexity index is 701. The third-order valence-electron chi connectivity index (χ3n) is 4.59. The van der Waals surface area contributed by atoms with Crippen LogP contribution in [0.5, 0.6) is 0 Å². The molecule has 1 aromatic heterocycles. The lowest BCUT2D eigenvalue weighted by Gasteiger charge is -2.25. The van der Waals surface area contributed by atoms with Gasteiger partial charge in [-0.2, -0.15) is 5.10 Å². The minimum absolute atomic E-state index is 0.0601. The average molecular weight is 328 g/mol. The molecule has 0 fully saturated rings. The third-order valence-corrected chi connectivity index (χ3v) is 4.59. The van der Waals surface area contributed by atoms with Crippen LogP contribution >= 0.6 is 0 Å². The molecule has 0 aliphatic carbocycles. The fourth-order valence-electron chi connectivity index (χ4n) is 2.95. The highest BCUT2D eigenvalue weighted by molar-refractivity contribution is 5.96. The lowest BCUT2D eigenvalue weighted by Crippen LogP contribution is -2.35. The van der Waals surface area contributed by atoms with Crippen LogP contribution in [0.15, 0.2) is 24.3 Å². The first-order chi connectivity index (χ1) is 11.3. The molecular formula is C19H28N4O. The second-order valence-corrected chi connectivity index (χ2v) is 6.45. The molecule has 1 heterocycles. The number of hydrogen-bond acceptors (Lipinski definition) is 3. The van der Waals surface area contributed by atoms with Crippen molar-refractivity contribution in [2.45, 2.75) is 33.2 Å². The molecular weight excluding hydrogens is 300 g/mol. The molecule has 2 rings (SSSR count). The van der Waals surface area contributed by atoms with Gasteiger partial charge in [0.1, 0.15) is 0 Å². The standard InChI is InChI=1S/C19H28N4O/c1-7-15-8-10-16(11-9-15)17(22(4)5)12-20-19(24)18-13(2)21-23(6)14(18)3/h8-11,17H,7,12H2,1-6H3,(H,20,24). The molecule has 1 unspecified atom stereocenters. The topological polar surface area (TPSA) is 50.2 Å². The van der Waals surface area contributed by atoms with E-state index in [9.17, 15) is 4.79 Å². The van der Waals surface area contributed by atoms with Gasteiger partial charge in [-0.1, -0.05) is 31.2 Å². The Kier molecular flexibility index (Phi) is 5.78. The van der Waals surface area contributed by atoms with Gasteiger partial charge in [-0.05, 0) is 45.5 Å². The lowest BCUT2D eigenvalue weighted by molar-refractivity contribution is 0.0940. The molecule has 1 N–H and O–H groups in total. The van der Waals surface area contributed by atoms with Crippen LogP contribution in [-0.4, -0.2) is 41.2 Å². The Morgan fingerprint density at radius 1 is 1.25 bits per heavy atom. The predicted octanol–water partition coefficient (Wildman–Crippen LogP) is 2.63. The summed E-state index contributed by atoms with van der Waals surface area (Å²) in [5.74, 6) is -0.0601. The quantitative estimate of drug-likeness (QED) is 0.887. The van der Waals surface area contributed by atoms with Crippen molar-refractivity contribution in [3.05, 3.63) is 52.3 Å². The zero-order chi connectivity index (χ0) is 17.9. The molecule has 0 radical (unpaired) electrons. The number of carbonyl (C=O) groups excluding carboxylic acids is 1. The summed E-state index contributed by atoms with van der Waals surface area (Å²) >= 11 is 0. The minimum Gasteiger partial charge on any atom is -0.350 e. The van der Waals surface area contributed by atoms with Gasteiger partial charge in [0.25, 0.3) is 5.91 Å². The smallest absolute Gasteiger partial charge is 0.255 e. The van der Waals surface area contributed by atoms with E-state index in [4.69, 9.17) is 0 Å². The number of aromatic nitrogens is 2. The largest absolute Gasteiger partial charge is 0.350 e. The molecule has 1 amide bonds. The minimum atomic E-state index is -0.0601. The van der Waals surface area contributed by atoms with Gasteiger partial charge in [-0.15, -0.1) is 0 Å². The second-order valence-electron chi connectivity index (χ2n) is 6.45. The zero-order valence-electron chi connectivity index (χ0n) is 15.6. The Labute approximate surface area is 144 Å². The van der Waals surface area contributed by atoms with Crippen LogP contribution in [-0.2, 0) is 13.5 Å². The van der Waals surface area contributed by atoms with E-state index in [1.807, 2.05) is 35.0 Å². The van der Waals surface area contributed by atoms with E-state index in [1.165, 1.54) is 11.1 Å². The summed E-state index contributed by atoms with van der Waals surface area (Å²) in [6, 6.07) is 8.75. The van der Waals surface area contributed by atoms with Gasteiger partial charge in [0.2, 0.25) is 0 Å². The maximum absolute atomic E-state index is 12.6. The highest BCUT2D eigenvalue weighted by atomic mass is 16.1. The molecule has 5 heteroatoms. The normalized spacial score (nSPS) is 12.5. The van der Waals surface area contributed by atoms with Gasteiger partial charge in [0, 0.05) is 19.3 Å². The van der Waals surface area contributed by atoms with Gasteiger partial charge < -0.3 is 10.2 Å². The van der Waals surface area contributed by atoms with Crippen LogP contribution in [0.25, 0.3) is 0 Å². The van der Waals surface area contributed by atoms with Crippen molar-refractivity contribution in [2.24, 2.45) is 7.05 Å². The van der Waals surface area contributed by atoms with Gasteiger partial charge in [0.15, 0.2) is 0 Å². The molecule has 0 aliphatic heterocycles. The van der Waals surface area contributed by atoms with Crippen molar-refractivity contribution < 1.29 is 4.79 Å². The van der Waals surface area contributed by atoms with Crippen molar-refractivity contribution in [3.8, 4) is 0 Å². The number of amides is 1. The van der Waals surface area contributed by atoms with Crippen molar-refractivity contribution in [2.75, 3.05) is 20.6 Å². The van der Waals surface area contributed by atoms with Crippen molar-refractivity contribution in [1.29, 1.82) is 0 Å². The van der Waals surface area contributed by atoms with Gasteiger partial charge >= 0.3 is 0 Å². The maximum atomic E-state index is 12.6. The van der Waals surface area contributed by atoms with Crippen LogP contribution in [0.1, 0.15) is 45.8 Å². The fourth-order valence-corrected chi connectivity index (χ4v) is 2.95. The molecule has 0 spiro atoms. The second kappa shape index (κ2) is 7.62. The van der Waals surface area contributed by atoms with Crippen LogP contribution in [0, 0.1) is 13.8 Å². The molecule has 5 nitrogen and oxygen atoms in total. The molecule has 1 aromatic carbocycles. The average Bonchev–Trinajstić information content (AvgIpc) is 2.80. The van der Waals surface area contributed by atoms with Gasteiger partial charge in [-0.3, -0.25) is 9.48 Å². The molecule has 0 aliphatic rings. The van der Waals surface area contributed by atoms with Crippen LogP contribution < -0.4 is 5.32 Å². The molecule has 0 bridgehead atoms. The summed E-state index contributed by atoms with van der Waals surface area (Å²) in [7, 11) is 5.92. The molecule has 0 saturated heterocycles. The number of nitrogens with zero attached hydrogens (tertiary/aromatic N) is 3. The first-order valence-electron chi connectivity index (χ1n) is 8.38. The number of aryl methyl sites for hydroxylation is 3. The van der Waals surface area contributed by atoms with Crippen LogP contribution in [0.3, 0.4) is 0 Å². The molecule has 2 aromatic rings. The Morgan fingerprint density at radius 3 is 2.33 bits per heavy atom. The zero-order valence-corrected chi connectivity index (χ0v) is 15.6. The van der Waals surface area contributed by atoms with E-state index in [-0.39, 0.29) is 11.9 Å². The summed E-state index contributed by atoms with van der Waals surface area (Å²) in [4.78, 5) is 14.7. The van der Waals surface area contributed by atoms with Crippen LogP contribution in [0.2, 0.25) is 0 Å². The summed E-state index contributed by atoms with van der Waals surface area (Å²) in [6.45, 7) is 6.50. The highest BCUT2D eigenvalue weighted by Crippen LogP contribution is 2.19. The van der Waals surface area contributed by atoms with Crippen molar-refractivity contribution in [3.63, 3.8) is 0 Å². The van der Waals surface area contributed by atoms with Crippen molar-refractivity contribution in [1.82, 2.24) is 20.0 Å². The maximum Gasteiger partial charge on any atom is 0.255 e. The molecule has 0 saturated carbocycles. The van der Waals surface area contributed by atoms with E-state index in [1.54, 1.807) is 4.68 Å². The Balaban J connectivity index is 2.12. The Hall–Kier alpha value is -2.14. The molecule has 24 heavy (non-hydrogen) atoms. The third kappa shape index (κ3) is 3.85. The van der Waals surface area contributed by atoms with E-state index in [0.29, 0.717) is 12.1 Å². The number of carbonyl (C=O) groups is 1. The highest BCUT2D eigenvalue weighted by Gasteiger charge is 2.20. The Morgan fingerprint density at radius 2 is 1.88 bits per heavy atom. The SMILES string of the molecule is CCc1ccc(C(CNC(=O)c2c(C)nn(C)c2C)N(C)C)cc1. The first kappa shape index (κ1) is 18.2. The summed E-state index contributed by atoms with van der Waals surface area (Å²) in [5, 5.41) is 7.39. The number of rotatable bonds is 6. The summed E-state index contributed by atoms with van der Waals surface area (Å²) < 4.78 is 1.75. The van der Waals surface area contributed by atoms with E-state index < -0.39 is 0 Å². The lowest BCUT2D eigenvalue weighted by atomic mass is 10.0. The molecule has 1 atom stereocenters. The fraction of sp³-hybridized carbons (Fsp3) is 0.474. The van der Waals surface area contributed by atoms with E-state index in [0.717, 1.165) is 17.8 Å². The van der Waals surface area contributed by atoms with Gasteiger partial charge in [0.05, 0.1) is 17.3 Å².